The van der Waals surface area contributed by atoms with E-state index < -0.39 is 10.0 Å². The van der Waals surface area contributed by atoms with Crippen LogP contribution in [0.25, 0.3) is 0 Å². The Kier molecular flexibility index (Phi) is 5.76. The Morgan fingerprint density at radius 3 is 2.24 bits per heavy atom. The van der Waals surface area contributed by atoms with E-state index in [2.05, 4.69) is 11.8 Å². The van der Waals surface area contributed by atoms with Crippen molar-refractivity contribution in [1.29, 1.82) is 0 Å². The fraction of sp³-hybridized carbons (Fsp3) is 0.611. The van der Waals surface area contributed by atoms with Gasteiger partial charge in [-0.1, -0.05) is 25.5 Å². The van der Waals surface area contributed by atoms with Gasteiger partial charge in [-0.3, -0.25) is 4.79 Å². The molecule has 2 saturated heterocycles. The molecule has 2 aliphatic heterocycles. The molecule has 0 saturated carbocycles. The van der Waals surface area contributed by atoms with Gasteiger partial charge in [0.2, 0.25) is 10.0 Å². The fourth-order valence-corrected chi connectivity index (χ4v) is 5.25. The molecule has 0 radical (unpaired) electrons. The molecule has 25 heavy (non-hydrogen) atoms. The molecular weight excluding hydrogens is 338 g/mol. The van der Waals surface area contributed by atoms with E-state index >= 15 is 0 Å². The van der Waals surface area contributed by atoms with Gasteiger partial charge in [-0.25, -0.2) is 8.42 Å². The van der Waals surface area contributed by atoms with Gasteiger partial charge in [0.15, 0.2) is 0 Å². The van der Waals surface area contributed by atoms with Crippen LogP contribution in [0.1, 0.15) is 36.5 Å². The molecule has 2 aliphatic rings. The van der Waals surface area contributed by atoms with Crippen LogP contribution in [0, 0.1) is 0 Å². The molecule has 2 heterocycles. The maximum Gasteiger partial charge on any atom is 0.255 e. The lowest BCUT2D eigenvalue weighted by atomic mass is 10.2. The van der Waals surface area contributed by atoms with Crippen LogP contribution in [-0.4, -0.2) is 74.2 Å². The third kappa shape index (κ3) is 3.88. The van der Waals surface area contributed by atoms with Crippen LogP contribution >= 0.6 is 0 Å². The third-order valence-electron chi connectivity index (χ3n) is 5.16. The molecule has 1 aromatic carbocycles. The summed E-state index contributed by atoms with van der Waals surface area (Å²) in [6.07, 6.45) is 2.83. The van der Waals surface area contributed by atoms with E-state index in [1.807, 2.05) is 0 Å². The van der Waals surface area contributed by atoms with E-state index in [9.17, 15) is 13.2 Å². The maximum absolute atomic E-state index is 13.0. The Morgan fingerprint density at radius 1 is 0.960 bits per heavy atom. The van der Waals surface area contributed by atoms with Crippen LogP contribution in [0.15, 0.2) is 29.2 Å². The molecule has 0 aliphatic carbocycles. The first-order chi connectivity index (χ1) is 12.0. The maximum atomic E-state index is 13.0. The average molecular weight is 365 g/mol. The highest BCUT2D eigenvalue weighted by molar-refractivity contribution is 7.89. The topological polar surface area (TPSA) is 60.9 Å². The van der Waals surface area contributed by atoms with Crippen LogP contribution in [0.4, 0.5) is 0 Å². The summed E-state index contributed by atoms with van der Waals surface area (Å²) < 4.78 is 27.6. The van der Waals surface area contributed by atoms with Gasteiger partial charge in [0, 0.05) is 39.3 Å². The molecule has 138 valence electrons. The summed E-state index contributed by atoms with van der Waals surface area (Å²) >= 11 is 0. The highest BCUT2D eigenvalue weighted by Crippen LogP contribution is 2.24. The van der Waals surface area contributed by atoms with Crippen LogP contribution < -0.4 is 0 Å². The average Bonchev–Trinajstić information content (AvgIpc) is 2.68. The molecule has 0 unspecified atom stereocenters. The van der Waals surface area contributed by atoms with E-state index in [1.54, 1.807) is 29.2 Å². The zero-order valence-corrected chi connectivity index (χ0v) is 15.7. The van der Waals surface area contributed by atoms with E-state index in [4.69, 9.17) is 0 Å². The molecule has 2 fully saturated rings. The Balaban J connectivity index is 1.84. The summed E-state index contributed by atoms with van der Waals surface area (Å²) in [5, 5.41) is 0. The Bertz CT molecular complexity index is 706. The lowest BCUT2D eigenvalue weighted by molar-refractivity contribution is 0.0639. The standard InChI is InChI=1S/C18H27N3O3S/c1-2-19-12-14-20(15-13-19)18(22)16-8-4-5-9-17(16)25(23,24)21-10-6-3-7-11-21/h4-5,8-9H,2-3,6-7,10-15H2,1H3. The highest BCUT2D eigenvalue weighted by atomic mass is 32.2. The van der Waals surface area contributed by atoms with Crippen LogP contribution in [0.5, 0.6) is 0 Å². The summed E-state index contributed by atoms with van der Waals surface area (Å²) in [4.78, 5) is 17.2. The van der Waals surface area contributed by atoms with Crippen molar-refractivity contribution in [3.63, 3.8) is 0 Å². The summed E-state index contributed by atoms with van der Waals surface area (Å²) in [6.45, 7) is 7.13. The number of rotatable bonds is 4. The van der Waals surface area contributed by atoms with E-state index in [-0.39, 0.29) is 10.8 Å². The number of nitrogens with zero attached hydrogens (tertiary/aromatic N) is 3. The third-order valence-corrected chi connectivity index (χ3v) is 7.11. The van der Waals surface area contributed by atoms with Gasteiger partial charge in [0.05, 0.1) is 10.5 Å². The van der Waals surface area contributed by atoms with E-state index in [0.29, 0.717) is 31.7 Å². The number of carbonyl (C=O) groups is 1. The first-order valence-corrected chi connectivity index (χ1v) is 10.6. The van der Waals surface area contributed by atoms with Crippen molar-refractivity contribution >= 4 is 15.9 Å². The number of hydrogen-bond donors (Lipinski definition) is 0. The Labute approximate surface area is 150 Å². The minimum absolute atomic E-state index is 0.153. The van der Waals surface area contributed by atoms with Crippen LogP contribution in [-0.2, 0) is 10.0 Å². The molecular formula is C18H27N3O3S. The van der Waals surface area contributed by atoms with Crippen molar-refractivity contribution in [2.24, 2.45) is 0 Å². The highest BCUT2D eigenvalue weighted by Gasteiger charge is 2.31. The molecule has 0 aromatic heterocycles. The molecule has 7 heteroatoms. The SMILES string of the molecule is CCN1CCN(C(=O)c2ccccc2S(=O)(=O)N2CCCCC2)CC1. The van der Waals surface area contributed by atoms with Gasteiger partial charge in [-0.15, -0.1) is 0 Å². The number of benzene rings is 1. The number of piperidine rings is 1. The number of piperazine rings is 1. The minimum Gasteiger partial charge on any atom is -0.336 e. The van der Waals surface area contributed by atoms with Crippen molar-refractivity contribution in [3.05, 3.63) is 29.8 Å². The van der Waals surface area contributed by atoms with Gasteiger partial charge in [-0.2, -0.15) is 4.31 Å². The van der Waals surface area contributed by atoms with Gasteiger partial charge >= 0.3 is 0 Å². The molecule has 3 rings (SSSR count). The van der Waals surface area contributed by atoms with Gasteiger partial charge in [0.25, 0.3) is 5.91 Å². The largest absolute Gasteiger partial charge is 0.336 e. The summed E-state index contributed by atoms with van der Waals surface area (Å²) in [5.74, 6) is -0.174. The molecule has 1 amide bonds. The van der Waals surface area contributed by atoms with Crippen molar-refractivity contribution in [3.8, 4) is 0 Å². The number of amides is 1. The second-order valence-electron chi connectivity index (χ2n) is 6.69. The van der Waals surface area contributed by atoms with Gasteiger partial charge in [0.1, 0.15) is 0 Å². The van der Waals surface area contributed by atoms with Gasteiger partial charge in [-0.05, 0) is 31.5 Å². The molecule has 6 nitrogen and oxygen atoms in total. The predicted molar refractivity (Wildman–Crippen MR) is 97.1 cm³/mol. The number of hydrogen-bond acceptors (Lipinski definition) is 4. The smallest absolute Gasteiger partial charge is 0.255 e. The van der Waals surface area contributed by atoms with E-state index in [0.717, 1.165) is 38.9 Å². The molecule has 0 spiro atoms. The van der Waals surface area contributed by atoms with E-state index in [1.165, 1.54) is 4.31 Å². The Morgan fingerprint density at radius 2 is 1.60 bits per heavy atom. The summed E-state index contributed by atoms with van der Waals surface area (Å²) in [5.41, 5.74) is 0.304. The summed E-state index contributed by atoms with van der Waals surface area (Å²) in [6, 6.07) is 6.65. The van der Waals surface area contributed by atoms with Crippen molar-refractivity contribution in [2.75, 3.05) is 45.8 Å². The van der Waals surface area contributed by atoms with Crippen LogP contribution in [0.3, 0.4) is 0 Å². The zero-order chi connectivity index (χ0) is 17.9. The lowest BCUT2D eigenvalue weighted by Crippen LogP contribution is -2.48. The second kappa shape index (κ2) is 7.85. The number of sulfonamides is 1. The lowest BCUT2D eigenvalue weighted by Gasteiger charge is -2.34. The first-order valence-electron chi connectivity index (χ1n) is 9.15. The minimum atomic E-state index is -3.62. The van der Waals surface area contributed by atoms with Crippen molar-refractivity contribution in [2.45, 2.75) is 31.1 Å². The first kappa shape index (κ1) is 18.4. The molecule has 0 N–H and O–H groups in total. The Hall–Kier alpha value is -1.44. The van der Waals surface area contributed by atoms with Crippen molar-refractivity contribution < 1.29 is 13.2 Å². The number of likely N-dealkylation sites (N-methyl/N-ethyl adjacent to an activating group) is 1. The molecule has 1 aromatic rings. The second-order valence-corrected chi connectivity index (χ2v) is 8.59. The van der Waals surface area contributed by atoms with Gasteiger partial charge < -0.3 is 9.80 Å². The summed E-state index contributed by atoms with van der Waals surface area (Å²) in [7, 11) is -3.62. The quantitative estimate of drug-likeness (QED) is 0.814. The predicted octanol–water partition coefficient (Wildman–Crippen LogP) is 1.64. The monoisotopic (exact) mass is 365 g/mol. The van der Waals surface area contributed by atoms with Crippen LogP contribution in [0.2, 0.25) is 0 Å². The molecule has 0 atom stereocenters. The number of carbonyl (C=O) groups excluding carboxylic acids is 1. The fourth-order valence-electron chi connectivity index (χ4n) is 3.55. The normalized spacial score (nSPS) is 20.6. The molecule has 0 bridgehead atoms. The zero-order valence-electron chi connectivity index (χ0n) is 14.9. The van der Waals surface area contributed by atoms with Crippen molar-refractivity contribution in [1.82, 2.24) is 14.1 Å².